The molecule has 1 aromatic heterocycles. The molecule has 0 bridgehead atoms. The molecule has 1 fully saturated rings. The molecule has 0 aliphatic carbocycles. The zero-order chi connectivity index (χ0) is 13.9. The summed E-state index contributed by atoms with van der Waals surface area (Å²) in [6.07, 6.45) is 2.62. The first-order valence-electron chi connectivity index (χ1n) is 7.09. The van der Waals surface area contributed by atoms with Gasteiger partial charge in [0.25, 0.3) is 0 Å². The van der Waals surface area contributed by atoms with Crippen molar-refractivity contribution in [2.24, 2.45) is 0 Å². The maximum Gasteiger partial charge on any atom is 0.223 e. The summed E-state index contributed by atoms with van der Waals surface area (Å²) >= 11 is 0. The number of aromatic nitrogens is 1. The summed E-state index contributed by atoms with van der Waals surface area (Å²) in [5, 5.41) is 4.10. The number of aryl methyl sites for hydroxylation is 1. The van der Waals surface area contributed by atoms with Crippen LogP contribution in [0.25, 0.3) is 11.3 Å². The lowest BCUT2D eigenvalue weighted by Crippen LogP contribution is -2.23. The smallest absolute Gasteiger partial charge is 0.223 e. The zero-order valence-electron chi connectivity index (χ0n) is 11.6. The number of amides is 1. The van der Waals surface area contributed by atoms with Gasteiger partial charge in [0.15, 0.2) is 5.76 Å². The molecular formula is C16H18N2O2. The fraction of sp³-hybridized carbons (Fsp3) is 0.375. The summed E-state index contributed by atoms with van der Waals surface area (Å²) in [5.74, 6) is 0.949. The van der Waals surface area contributed by atoms with Gasteiger partial charge in [0, 0.05) is 24.6 Å². The summed E-state index contributed by atoms with van der Waals surface area (Å²) in [5.41, 5.74) is 3.18. The number of carbonyl (C=O) groups excluding carboxylic acids is 1. The van der Waals surface area contributed by atoms with Crippen molar-refractivity contribution in [2.45, 2.75) is 32.7 Å². The van der Waals surface area contributed by atoms with E-state index in [1.54, 1.807) is 0 Å². The van der Waals surface area contributed by atoms with Crippen LogP contribution in [-0.4, -0.2) is 22.5 Å². The van der Waals surface area contributed by atoms with Crippen molar-refractivity contribution in [3.05, 3.63) is 41.7 Å². The molecule has 104 valence electrons. The van der Waals surface area contributed by atoms with Crippen molar-refractivity contribution < 1.29 is 9.32 Å². The van der Waals surface area contributed by atoms with Gasteiger partial charge < -0.3 is 9.42 Å². The molecular weight excluding hydrogens is 252 g/mol. The van der Waals surface area contributed by atoms with Crippen LogP contribution in [0.2, 0.25) is 0 Å². The zero-order valence-corrected chi connectivity index (χ0v) is 11.6. The Bertz CT molecular complexity index is 601. The van der Waals surface area contributed by atoms with E-state index in [1.165, 1.54) is 5.56 Å². The maximum absolute atomic E-state index is 11.6. The summed E-state index contributed by atoms with van der Waals surface area (Å²) in [6, 6.07) is 10.2. The number of hydrogen-bond donors (Lipinski definition) is 0. The molecule has 4 nitrogen and oxygen atoms in total. The van der Waals surface area contributed by atoms with E-state index in [1.807, 2.05) is 11.0 Å². The average molecular weight is 270 g/mol. The Morgan fingerprint density at radius 1 is 1.30 bits per heavy atom. The molecule has 2 aromatic rings. The molecule has 0 saturated carbocycles. The predicted molar refractivity (Wildman–Crippen MR) is 76.0 cm³/mol. The fourth-order valence-electron chi connectivity index (χ4n) is 2.49. The second kappa shape index (κ2) is 5.49. The van der Waals surface area contributed by atoms with Gasteiger partial charge in [-0.15, -0.1) is 0 Å². The first kappa shape index (κ1) is 12.9. The Kier molecular flexibility index (Phi) is 3.54. The van der Waals surface area contributed by atoms with Crippen molar-refractivity contribution in [3.63, 3.8) is 0 Å². The normalized spacial score (nSPS) is 15.1. The minimum absolute atomic E-state index is 0.204. The van der Waals surface area contributed by atoms with Gasteiger partial charge in [-0.25, -0.2) is 0 Å². The second-order valence-corrected chi connectivity index (χ2v) is 5.15. The molecule has 0 unspecified atom stereocenters. The lowest BCUT2D eigenvalue weighted by molar-refractivity contribution is -0.128. The van der Waals surface area contributed by atoms with Gasteiger partial charge in [0.05, 0.1) is 6.54 Å². The minimum atomic E-state index is 0.204. The third-order valence-electron chi connectivity index (χ3n) is 3.73. The predicted octanol–water partition coefficient (Wildman–Crippen LogP) is 3.03. The fourth-order valence-corrected chi connectivity index (χ4v) is 2.49. The highest BCUT2D eigenvalue weighted by Crippen LogP contribution is 2.22. The average Bonchev–Trinajstić information content (AvgIpc) is 3.10. The maximum atomic E-state index is 11.6. The van der Waals surface area contributed by atoms with E-state index < -0.39 is 0 Å². The number of rotatable bonds is 4. The van der Waals surface area contributed by atoms with Gasteiger partial charge >= 0.3 is 0 Å². The Labute approximate surface area is 118 Å². The van der Waals surface area contributed by atoms with Crippen LogP contribution >= 0.6 is 0 Å². The SMILES string of the molecule is CCc1ccc(-c2cc(CN3CCCC3=O)on2)cc1. The van der Waals surface area contributed by atoms with Crippen LogP contribution in [0.3, 0.4) is 0 Å². The molecule has 0 radical (unpaired) electrons. The standard InChI is InChI=1S/C16H18N2O2/c1-2-12-5-7-13(8-6-12)15-10-14(20-17-15)11-18-9-3-4-16(18)19/h5-8,10H,2-4,9,11H2,1H3. The third kappa shape index (κ3) is 2.59. The molecule has 0 atom stereocenters. The van der Waals surface area contributed by atoms with Gasteiger partial charge in [0.2, 0.25) is 5.91 Å². The first-order valence-corrected chi connectivity index (χ1v) is 7.09. The van der Waals surface area contributed by atoms with Crippen molar-refractivity contribution in [3.8, 4) is 11.3 Å². The van der Waals surface area contributed by atoms with Gasteiger partial charge in [-0.3, -0.25) is 4.79 Å². The van der Waals surface area contributed by atoms with Crippen LogP contribution in [0, 0.1) is 0 Å². The number of likely N-dealkylation sites (tertiary alicyclic amines) is 1. The molecule has 2 heterocycles. The topological polar surface area (TPSA) is 46.3 Å². The van der Waals surface area contributed by atoms with Gasteiger partial charge in [-0.1, -0.05) is 36.3 Å². The van der Waals surface area contributed by atoms with Gasteiger partial charge in [0.1, 0.15) is 5.69 Å². The largest absolute Gasteiger partial charge is 0.359 e. The Morgan fingerprint density at radius 2 is 2.10 bits per heavy atom. The molecule has 4 heteroatoms. The van der Waals surface area contributed by atoms with Crippen LogP contribution in [0.4, 0.5) is 0 Å². The quantitative estimate of drug-likeness (QED) is 0.858. The van der Waals surface area contributed by atoms with E-state index in [2.05, 4.69) is 36.3 Å². The van der Waals surface area contributed by atoms with Crippen LogP contribution in [0.15, 0.2) is 34.9 Å². The number of benzene rings is 1. The van der Waals surface area contributed by atoms with Crippen LogP contribution < -0.4 is 0 Å². The van der Waals surface area contributed by atoms with Crippen LogP contribution in [0.5, 0.6) is 0 Å². The van der Waals surface area contributed by atoms with Crippen LogP contribution in [0.1, 0.15) is 31.1 Å². The monoisotopic (exact) mass is 270 g/mol. The highest BCUT2D eigenvalue weighted by atomic mass is 16.5. The number of nitrogens with zero attached hydrogens (tertiary/aromatic N) is 2. The summed E-state index contributed by atoms with van der Waals surface area (Å²) in [7, 11) is 0. The molecule has 1 aliphatic heterocycles. The van der Waals surface area contributed by atoms with E-state index in [0.29, 0.717) is 13.0 Å². The Hall–Kier alpha value is -2.10. The lowest BCUT2D eigenvalue weighted by Gasteiger charge is -2.12. The summed E-state index contributed by atoms with van der Waals surface area (Å²) in [4.78, 5) is 13.4. The third-order valence-corrected chi connectivity index (χ3v) is 3.73. The molecule has 1 aromatic carbocycles. The lowest BCUT2D eigenvalue weighted by atomic mass is 10.1. The van der Waals surface area contributed by atoms with Gasteiger partial charge in [-0.2, -0.15) is 0 Å². The molecule has 1 saturated heterocycles. The number of hydrogen-bond acceptors (Lipinski definition) is 3. The van der Waals surface area contributed by atoms with E-state index in [-0.39, 0.29) is 5.91 Å². The minimum Gasteiger partial charge on any atom is -0.359 e. The van der Waals surface area contributed by atoms with E-state index in [4.69, 9.17) is 4.52 Å². The highest BCUT2D eigenvalue weighted by molar-refractivity contribution is 5.78. The first-order chi connectivity index (χ1) is 9.76. The van der Waals surface area contributed by atoms with E-state index in [0.717, 1.165) is 36.4 Å². The van der Waals surface area contributed by atoms with Crippen molar-refractivity contribution >= 4 is 5.91 Å². The van der Waals surface area contributed by atoms with E-state index in [9.17, 15) is 4.79 Å². The Balaban J connectivity index is 1.73. The van der Waals surface area contributed by atoms with Crippen molar-refractivity contribution in [2.75, 3.05) is 6.54 Å². The molecule has 1 aliphatic rings. The molecule has 3 rings (SSSR count). The molecule has 20 heavy (non-hydrogen) atoms. The van der Waals surface area contributed by atoms with Crippen LogP contribution in [-0.2, 0) is 17.8 Å². The molecule has 0 N–H and O–H groups in total. The Morgan fingerprint density at radius 3 is 2.75 bits per heavy atom. The summed E-state index contributed by atoms with van der Waals surface area (Å²) < 4.78 is 5.34. The second-order valence-electron chi connectivity index (χ2n) is 5.15. The van der Waals surface area contributed by atoms with Gasteiger partial charge in [-0.05, 0) is 18.4 Å². The number of carbonyl (C=O) groups is 1. The molecule has 0 spiro atoms. The highest BCUT2D eigenvalue weighted by Gasteiger charge is 2.21. The van der Waals surface area contributed by atoms with Crippen molar-refractivity contribution in [1.82, 2.24) is 10.1 Å². The molecule has 1 amide bonds. The summed E-state index contributed by atoms with van der Waals surface area (Å²) in [6.45, 7) is 3.48. The van der Waals surface area contributed by atoms with Crippen molar-refractivity contribution in [1.29, 1.82) is 0 Å². The van der Waals surface area contributed by atoms with E-state index >= 15 is 0 Å².